The highest BCUT2D eigenvalue weighted by Crippen LogP contribution is 2.46. The number of rotatable bonds is 6. The summed E-state index contributed by atoms with van der Waals surface area (Å²) in [5.74, 6) is -5.02. The minimum atomic E-state index is -1.34. The highest BCUT2D eigenvalue weighted by Gasteiger charge is 2.46. The maximum Gasteiger partial charge on any atom is 0.269 e. The Balaban J connectivity index is 1.98. The predicted octanol–water partition coefficient (Wildman–Crippen LogP) is 5.67. The number of non-ortho nitro benzene ring substituents is 1. The maximum atomic E-state index is 14.0. The Morgan fingerprint density at radius 2 is 1.36 bits per heavy atom. The molecule has 0 spiro atoms. The van der Waals surface area contributed by atoms with Crippen molar-refractivity contribution in [3.63, 3.8) is 0 Å². The molecule has 0 aliphatic heterocycles. The van der Waals surface area contributed by atoms with E-state index < -0.39 is 34.4 Å². The zero-order valence-electron chi connectivity index (χ0n) is 18.8. The smallest absolute Gasteiger partial charge is 0.269 e. The molecule has 3 aromatic rings. The van der Waals surface area contributed by atoms with E-state index in [2.05, 4.69) is 0 Å². The number of allylic oxidation sites excluding steroid dienone is 2. The molecular formula is C28H19N3O4S. The van der Waals surface area contributed by atoms with Gasteiger partial charge in [-0.25, -0.2) is 0 Å². The summed E-state index contributed by atoms with van der Waals surface area (Å²) in [7, 11) is 0. The van der Waals surface area contributed by atoms with E-state index in [1.807, 2.05) is 24.3 Å². The normalized spacial score (nSPS) is 18.4. The first-order valence-corrected chi connectivity index (χ1v) is 11.4. The van der Waals surface area contributed by atoms with Crippen molar-refractivity contribution >= 4 is 28.6 Å². The van der Waals surface area contributed by atoms with E-state index in [4.69, 9.17) is 12.2 Å². The van der Waals surface area contributed by atoms with Gasteiger partial charge in [0, 0.05) is 28.5 Å². The van der Waals surface area contributed by atoms with Crippen LogP contribution in [0, 0.1) is 38.7 Å². The van der Waals surface area contributed by atoms with E-state index in [0.717, 1.165) is 0 Å². The van der Waals surface area contributed by atoms with Gasteiger partial charge in [0.25, 0.3) is 5.69 Å². The lowest BCUT2D eigenvalue weighted by Crippen LogP contribution is -2.37. The minimum Gasteiger partial charge on any atom is -0.511 e. The van der Waals surface area contributed by atoms with Gasteiger partial charge < -0.3 is 5.11 Å². The van der Waals surface area contributed by atoms with Crippen molar-refractivity contribution in [2.24, 2.45) is 5.92 Å². The number of aliphatic hydroxyl groups excluding tert-OH is 1. The Kier molecular flexibility index (Phi) is 7.00. The SMILES string of the molecule is N#CC(C#N)[C@@H](C1=C(O)[C@H](c2ccccc2)C(=S)[C@@H](c2ccccc2)C1=O)c1ccc([N+](=O)[O-])cc1. The lowest BCUT2D eigenvalue weighted by molar-refractivity contribution is -0.384. The van der Waals surface area contributed by atoms with Crippen molar-refractivity contribution in [1.29, 1.82) is 10.5 Å². The summed E-state index contributed by atoms with van der Waals surface area (Å²) in [6.45, 7) is 0. The van der Waals surface area contributed by atoms with Crippen LogP contribution in [0.15, 0.2) is 96.3 Å². The van der Waals surface area contributed by atoms with Crippen molar-refractivity contribution in [1.82, 2.24) is 0 Å². The molecule has 3 aromatic carbocycles. The Hall–Kier alpha value is -4.66. The molecule has 0 amide bonds. The molecular weight excluding hydrogens is 474 g/mol. The Morgan fingerprint density at radius 3 is 1.83 bits per heavy atom. The highest BCUT2D eigenvalue weighted by atomic mass is 32.1. The summed E-state index contributed by atoms with van der Waals surface area (Å²) >= 11 is 5.77. The van der Waals surface area contributed by atoms with Gasteiger partial charge in [0.1, 0.15) is 11.7 Å². The first-order valence-electron chi connectivity index (χ1n) is 11.0. The number of nitro benzene ring substituents is 1. The number of nitrogens with zero attached hydrogens (tertiary/aromatic N) is 3. The molecule has 0 bridgehead atoms. The van der Waals surface area contributed by atoms with E-state index in [9.17, 15) is 30.5 Å². The molecule has 0 radical (unpaired) electrons. The number of thiocarbonyl (C=S) groups is 1. The van der Waals surface area contributed by atoms with Gasteiger partial charge in [0.2, 0.25) is 0 Å². The van der Waals surface area contributed by atoms with E-state index in [1.165, 1.54) is 24.3 Å². The third-order valence-electron chi connectivity index (χ3n) is 6.30. The third-order valence-corrected chi connectivity index (χ3v) is 6.77. The minimum absolute atomic E-state index is 0.0896. The fraction of sp³-hybridized carbons (Fsp3) is 0.143. The first kappa shape index (κ1) is 24.5. The molecule has 0 saturated heterocycles. The van der Waals surface area contributed by atoms with Crippen LogP contribution in [0.1, 0.15) is 34.4 Å². The Morgan fingerprint density at radius 1 is 0.861 bits per heavy atom. The van der Waals surface area contributed by atoms with Crippen LogP contribution in [-0.2, 0) is 4.79 Å². The summed E-state index contributed by atoms with van der Waals surface area (Å²) in [5.41, 5.74) is 1.36. The largest absolute Gasteiger partial charge is 0.511 e. The number of aliphatic hydroxyl groups is 1. The van der Waals surface area contributed by atoms with Gasteiger partial charge in [-0.2, -0.15) is 10.5 Å². The molecule has 36 heavy (non-hydrogen) atoms. The van der Waals surface area contributed by atoms with Crippen LogP contribution in [0.3, 0.4) is 0 Å². The molecule has 7 nitrogen and oxygen atoms in total. The molecule has 0 fully saturated rings. The van der Waals surface area contributed by atoms with Crippen molar-refractivity contribution in [2.45, 2.75) is 17.8 Å². The monoisotopic (exact) mass is 493 g/mol. The molecule has 0 heterocycles. The van der Waals surface area contributed by atoms with Gasteiger partial charge in [0.05, 0.1) is 28.9 Å². The molecule has 3 atom stereocenters. The molecule has 1 aliphatic carbocycles. The summed E-state index contributed by atoms with van der Waals surface area (Å²) in [6, 6.07) is 27.0. The Labute approximate surface area is 212 Å². The van der Waals surface area contributed by atoms with Gasteiger partial charge in [-0.15, -0.1) is 0 Å². The second kappa shape index (κ2) is 10.3. The fourth-order valence-corrected chi connectivity index (χ4v) is 5.11. The number of carbonyl (C=O) groups is 1. The molecule has 0 unspecified atom stereocenters. The number of benzene rings is 3. The number of Topliss-reactive ketones (excluding diaryl/α,β-unsaturated/α-hetero) is 1. The van der Waals surface area contributed by atoms with Gasteiger partial charge in [-0.1, -0.05) is 85.0 Å². The van der Waals surface area contributed by atoms with E-state index in [1.54, 1.807) is 48.5 Å². The van der Waals surface area contributed by atoms with Crippen LogP contribution in [0.5, 0.6) is 0 Å². The third kappa shape index (κ3) is 4.38. The van der Waals surface area contributed by atoms with Gasteiger partial charge in [-0.05, 0) is 16.7 Å². The van der Waals surface area contributed by atoms with Crippen LogP contribution < -0.4 is 0 Å². The molecule has 0 aromatic heterocycles. The van der Waals surface area contributed by atoms with Crippen molar-refractivity contribution < 1.29 is 14.8 Å². The molecule has 0 saturated carbocycles. The molecule has 176 valence electrons. The van der Waals surface area contributed by atoms with Crippen LogP contribution in [-0.4, -0.2) is 20.7 Å². The molecule has 8 heteroatoms. The Bertz CT molecular complexity index is 1420. The van der Waals surface area contributed by atoms with E-state index >= 15 is 0 Å². The second-order valence-electron chi connectivity index (χ2n) is 8.32. The number of hydrogen-bond donors (Lipinski definition) is 1. The zero-order valence-corrected chi connectivity index (χ0v) is 19.6. The number of hydrogen-bond acceptors (Lipinski definition) is 7. The number of carbonyl (C=O) groups excluding carboxylic acids is 1. The van der Waals surface area contributed by atoms with Crippen LogP contribution in [0.4, 0.5) is 5.69 Å². The van der Waals surface area contributed by atoms with Gasteiger partial charge in [-0.3, -0.25) is 14.9 Å². The summed E-state index contributed by atoms with van der Waals surface area (Å²) in [6.07, 6.45) is 0. The van der Waals surface area contributed by atoms with Crippen molar-refractivity contribution in [3.05, 3.63) is 123 Å². The lowest BCUT2D eigenvalue weighted by atomic mass is 9.68. The predicted molar refractivity (Wildman–Crippen MR) is 136 cm³/mol. The first-order chi connectivity index (χ1) is 17.4. The van der Waals surface area contributed by atoms with Gasteiger partial charge >= 0.3 is 0 Å². The average molecular weight is 494 g/mol. The number of nitro groups is 1. The topological polar surface area (TPSA) is 128 Å². The highest BCUT2D eigenvalue weighted by molar-refractivity contribution is 7.80. The van der Waals surface area contributed by atoms with Crippen LogP contribution in [0.2, 0.25) is 0 Å². The standard InChI is InChI=1S/C28H19N3O4S/c29-15-20(16-30)22(19-11-13-21(14-12-19)31(34)35)25-26(32)23(17-7-3-1-4-8-17)28(36)24(27(25)33)18-9-5-2-6-10-18/h1-14,20,22-24,32H/t22-,23-,24-/m0/s1. The number of ketones is 1. The molecule has 1 N–H and O–H groups in total. The van der Waals surface area contributed by atoms with E-state index in [-0.39, 0.29) is 17.0 Å². The summed E-state index contributed by atoms with van der Waals surface area (Å²) < 4.78 is 0. The molecule has 1 aliphatic rings. The summed E-state index contributed by atoms with van der Waals surface area (Å²) in [4.78, 5) is 24.9. The van der Waals surface area contributed by atoms with Gasteiger partial charge in [0.15, 0.2) is 5.78 Å². The van der Waals surface area contributed by atoms with Crippen molar-refractivity contribution in [3.8, 4) is 12.1 Å². The average Bonchev–Trinajstić information content (AvgIpc) is 2.89. The summed E-state index contributed by atoms with van der Waals surface area (Å²) in [5, 5.41) is 42.3. The second-order valence-corrected chi connectivity index (χ2v) is 8.79. The van der Waals surface area contributed by atoms with Crippen LogP contribution in [0.25, 0.3) is 0 Å². The fourth-order valence-electron chi connectivity index (χ4n) is 4.62. The zero-order chi connectivity index (χ0) is 25.8. The maximum absolute atomic E-state index is 14.0. The van der Waals surface area contributed by atoms with Crippen molar-refractivity contribution in [2.75, 3.05) is 0 Å². The number of nitriles is 2. The van der Waals surface area contributed by atoms with Crippen LogP contribution >= 0.6 is 12.2 Å². The lowest BCUT2D eigenvalue weighted by Gasteiger charge is -2.35. The quantitative estimate of drug-likeness (QED) is 0.266. The molecule has 4 rings (SSSR count). The van der Waals surface area contributed by atoms with E-state index in [0.29, 0.717) is 21.6 Å².